The Kier molecular flexibility index (Phi) is 4.16. The van der Waals surface area contributed by atoms with Crippen molar-refractivity contribution in [3.63, 3.8) is 0 Å². The minimum atomic E-state index is 0.00259. The number of para-hydroxylation sites is 1. The van der Waals surface area contributed by atoms with Crippen LogP contribution in [0.4, 0.5) is 5.69 Å². The van der Waals surface area contributed by atoms with Gasteiger partial charge < -0.3 is 14.2 Å². The molecule has 4 rings (SSSR count). The van der Waals surface area contributed by atoms with Crippen molar-refractivity contribution in [2.24, 2.45) is 0 Å². The van der Waals surface area contributed by atoms with Gasteiger partial charge in [-0.05, 0) is 49.2 Å². The van der Waals surface area contributed by atoms with E-state index in [4.69, 9.17) is 9.26 Å². The third kappa shape index (κ3) is 3.06. The number of benzene rings is 2. The maximum absolute atomic E-state index is 13.0. The summed E-state index contributed by atoms with van der Waals surface area (Å²) in [6.07, 6.45) is 0.882. The molecule has 2 aromatic carbocycles. The molecule has 1 atom stereocenters. The molecular formula is C20H19N3O3. The van der Waals surface area contributed by atoms with Crippen LogP contribution in [-0.4, -0.2) is 22.1 Å². The summed E-state index contributed by atoms with van der Waals surface area (Å²) in [5.41, 5.74) is 2.85. The third-order valence-electron chi connectivity index (χ3n) is 4.46. The van der Waals surface area contributed by atoms with Crippen LogP contribution >= 0.6 is 0 Å². The first-order chi connectivity index (χ1) is 12.6. The number of rotatable bonds is 4. The van der Waals surface area contributed by atoms with Gasteiger partial charge in [0, 0.05) is 24.2 Å². The van der Waals surface area contributed by atoms with Crippen LogP contribution in [0.2, 0.25) is 0 Å². The van der Waals surface area contributed by atoms with Gasteiger partial charge in [0.25, 0.3) is 5.91 Å². The number of fused-ring (bicyclic) bond motifs is 1. The fourth-order valence-electron chi connectivity index (χ4n) is 3.26. The molecule has 0 bridgehead atoms. The van der Waals surface area contributed by atoms with Gasteiger partial charge in [-0.2, -0.15) is 4.98 Å². The van der Waals surface area contributed by atoms with Crippen molar-refractivity contribution in [3.8, 4) is 5.75 Å². The van der Waals surface area contributed by atoms with E-state index in [1.807, 2.05) is 23.1 Å². The van der Waals surface area contributed by atoms with E-state index in [0.717, 1.165) is 12.1 Å². The first kappa shape index (κ1) is 16.3. The average molecular weight is 349 g/mol. The van der Waals surface area contributed by atoms with Crippen LogP contribution in [0.5, 0.6) is 5.75 Å². The normalized spacial score (nSPS) is 15.8. The molecule has 0 N–H and O–H groups in total. The van der Waals surface area contributed by atoms with E-state index >= 15 is 0 Å². The molecule has 1 aliphatic heterocycles. The van der Waals surface area contributed by atoms with Crippen molar-refractivity contribution < 1.29 is 14.1 Å². The van der Waals surface area contributed by atoms with Crippen molar-refractivity contribution >= 4 is 11.6 Å². The second-order valence-electron chi connectivity index (χ2n) is 6.40. The first-order valence-electron chi connectivity index (χ1n) is 8.55. The molecule has 0 spiro atoms. The fourth-order valence-corrected chi connectivity index (χ4v) is 3.26. The minimum absolute atomic E-state index is 0.00259. The first-order valence-corrected chi connectivity index (χ1v) is 8.55. The number of aromatic nitrogens is 2. The Balaban J connectivity index is 1.47. The summed E-state index contributed by atoms with van der Waals surface area (Å²) in [5, 5.41) is 3.79. The van der Waals surface area contributed by atoms with Gasteiger partial charge in [0.15, 0.2) is 6.61 Å². The van der Waals surface area contributed by atoms with Gasteiger partial charge in [-0.3, -0.25) is 4.79 Å². The quantitative estimate of drug-likeness (QED) is 0.720. The predicted octanol–water partition coefficient (Wildman–Crippen LogP) is 3.55. The summed E-state index contributed by atoms with van der Waals surface area (Å²) < 4.78 is 10.5. The molecule has 0 aliphatic carbocycles. The van der Waals surface area contributed by atoms with Crippen LogP contribution in [0.25, 0.3) is 0 Å². The summed E-state index contributed by atoms with van der Waals surface area (Å²) in [6, 6.07) is 15.3. The van der Waals surface area contributed by atoms with Gasteiger partial charge in [0.2, 0.25) is 11.7 Å². The number of aryl methyl sites for hydroxylation is 1. The lowest BCUT2D eigenvalue weighted by Crippen LogP contribution is -2.35. The summed E-state index contributed by atoms with van der Waals surface area (Å²) >= 11 is 0. The number of nitrogens with zero attached hydrogens (tertiary/aromatic N) is 3. The summed E-state index contributed by atoms with van der Waals surface area (Å²) in [4.78, 5) is 18.9. The Morgan fingerprint density at radius 1 is 1.23 bits per heavy atom. The minimum Gasteiger partial charge on any atom is -0.485 e. The van der Waals surface area contributed by atoms with Gasteiger partial charge in [0.05, 0.1) is 0 Å². The van der Waals surface area contributed by atoms with Crippen molar-refractivity contribution in [3.05, 3.63) is 71.4 Å². The Bertz CT molecular complexity index is 933. The zero-order chi connectivity index (χ0) is 18.1. The second-order valence-corrected chi connectivity index (χ2v) is 6.40. The standard InChI is InChI=1S/C20H19N3O3/c1-13-11-16-5-3-4-6-18(16)23(13)20(24)15-7-9-17(10-8-15)25-12-19-21-14(2)26-22-19/h3-10,13H,11-12H2,1-2H3/t13-/m1/s1. The van der Waals surface area contributed by atoms with Crippen LogP contribution in [-0.2, 0) is 13.0 Å². The molecule has 0 unspecified atom stereocenters. The van der Waals surface area contributed by atoms with Crippen LogP contribution in [0.15, 0.2) is 53.1 Å². The highest BCUT2D eigenvalue weighted by molar-refractivity contribution is 6.07. The van der Waals surface area contributed by atoms with Crippen LogP contribution < -0.4 is 9.64 Å². The molecule has 6 heteroatoms. The third-order valence-corrected chi connectivity index (χ3v) is 4.46. The molecule has 0 saturated carbocycles. The van der Waals surface area contributed by atoms with Crippen LogP contribution in [0.1, 0.15) is 34.6 Å². The lowest BCUT2D eigenvalue weighted by molar-refractivity contribution is 0.0981. The molecule has 0 fully saturated rings. The summed E-state index contributed by atoms with van der Waals surface area (Å²) in [5.74, 6) is 1.65. The summed E-state index contributed by atoms with van der Waals surface area (Å²) in [6.45, 7) is 4.03. The molecule has 26 heavy (non-hydrogen) atoms. The molecule has 3 aromatic rings. The van der Waals surface area contributed by atoms with E-state index in [-0.39, 0.29) is 18.6 Å². The fraction of sp³-hybridized carbons (Fsp3) is 0.250. The Morgan fingerprint density at radius 3 is 2.73 bits per heavy atom. The van der Waals surface area contributed by atoms with Gasteiger partial charge in [-0.15, -0.1) is 0 Å². The Hall–Kier alpha value is -3.15. The number of hydrogen-bond donors (Lipinski definition) is 0. The second kappa shape index (κ2) is 6.63. The number of carbonyl (C=O) groups excluding carboxylic acids is 1. The van der Waals surface area contributed by atoms with Crippen molar-refractivity contribution in [1.29, 1.82) is 0 Å². The SMILES string of the molecule is Cc1nc(COc2ccc(C(=O)N3c4ccccc4C[C@H]3C)cc2)no1. The number of anilines is 1. The average Bonchev–Trinajstić information content (AvgIpc) is 3.22. The van der Waals surface area contributed by atoms with Crippen LogP contribution in [0, 0.1) is 6.92 Å². The number of hydrogen-bond acceptors (Lipinski definition) is 5. The highest BCUT2D eigenvalue weighted by Crippen LogP contribution is 2.33. The monoisotopic (exact) mass is 349 g/mol. The lowest BCUT2D eigenvalue weighted by Gasteiger charge is -2.22. The van der Waals surface area contributed by atoms with E-state index in [1.54, 1.807) is 31.2 Å². The zero-order valence-electron chi connectivity index (χ0n) is 14.7. The van der Waals surface area contributed by atoms with E-state index in [0.29, 0.717) is 23.0 Å². The maximum atomic E-state index is 13.0. The van der Waals surface area contributed by atoms with E-state index in [2.05, 4.69) is 23.1 Å². The lowest BCUT2D eigenvalue weighted by atomic mass is 10.1. The number of carbonyl (C=O) groups is 1. The molecule has 1 aromatic heterocycles. The largest absolute Gasteiger partial charge is 0.485 e. The highest BCUT2D eigenvalue weighted by atomic mass is 16.5. The van der Waals surface area contributed by atoms with E-state index in [1.165, 1.54) is 5.56 Å². The van der Waals surface area contributed by atoms with E-state index in [9.17, 15) is 4.79 Å². The molecule has 1 amide bonds. The van der Waals surface area contributed by atoms with Gasteiger partial charge in [0.1, 0.15) is 5.75 Å². The highest BCUT2D eigenvalue weighted by Gasteiger charge is 2.31. The molecule has 132 valence electrons. The van der Waals surface area contributed by atoms with Gasteiger partial charge >= 0.3 is 0 Å². The number of ether oxygens (including phenoxy) is 1. The topological polar surface area (TPSA) is 68.5 Å². The Labute approximate surface area is 151 Å². The van der Waals surface area contributed by atoms with Crippen molar-refractivity contribution in [1.82, 2.24) is 10.1 Å². The molecule has 2 heterocycles. The predicted molar refractivity (Wildman–Crippen MR) is 96.2 cm³/mol. The molecule has 0 radical (unpaired) electrons. The van der Waals surface area contributed by atoms with Gasteiger partial charge in [-0.25, -0.2) is 0 Å². The van der Waals surface area contributed by atoms with Crippen LogP contribution in [0.3, 0.4) is 0 Å². The van der Waals surface area contributed by atoms with Crippen molar-refractivity contribution in [2.45, 2.75) is 32.9 Å². The van der Waals surface area contributed by atoms with Gasteiger partial charge in [-0.1, -0.05) is 23.4 Å². The molecular weight excluding hydrogens is 330 g/mol. The summed E-state index contributed by atoms with van der Waals surface area (Å²) in [7, 11) is 0. The number of amides is 1. The Morgan fingerprint density at radius 2 is 2.00 bits per heavy atom. The molecule has 1 aliphatic rings. The smallest absolute Gasteiger partial charge is 0.258 e. The molecule has 0 saturated heterocycles. The van der Waals surface area contributed by atoms with Crippen molar-refractivity contribution in [2.75, 3.05) is 4.90 Å². The maximum Gasteiger partial charge on any atom is 0.258 e. The van der Waals surface area contributed by atoms with E-state index < -0.39 is 0 Å². The molecule has 6 nitrogen and oxygen atoms in total. The zero-order valence-corrected chi connectivity index (χ0v) is 14.7.